The van der Waals surface area contributed by atoms with Gasteiger partial charge in [-0.05, 0) is 19.3 Å². The fourth-order valence-corrected chi connectivity index (χ4v) is 2.13. The van der Waals surface area contributed by atoms with Gasteiger partial charge in [0.05, 0.1) is 0 Å². The monoisotopic (exact) mass is 194 g/mol. The van der Waals surface area contributed by atoms with Crippen LogP contribution in [0, 0.1) is 0 Å². The van der Waals surface area contributed by atoms with Crippen molar-refractivity contribution in [1.82, 2.24) is 15.2 Å². The van der Waals surface area contributed by atoms with E-state index in [1.54, 1.807) is 0 Å². The predicted octanol–water partition coefficient (Wildman–Crippen LogP) is 1.35. The maximum Gasteiger partial charge on any atom is 0.155 e. The van der Waals surface area contributed by atoms with Crippen LogP contribution in [0.1, 0.15) is 50.2 Å². The molecule has 4 nitrogen and oxygen atoms in total. The summed E-state index contributed by atoms with van der Waals surface area (Å²) in [6.45, 7) is 2.14. The first-order valence-electron chi connectivity index (χ1n) is 5.48. The Balaban J connectivity index is 2.08. The maximum absolute atomic E-state index is 6.00. The number of nitrogens with one attached hydrogen (secondary N) is 1. The molecule has 78 valence electrons. The second kappa shape index (κ2) is 4.09. The summed E-state index contributed by atoms with van der Waals surface area (Å²) in [5, 5.41) is 7.24. The van der Waals surface area contributed by atoms with Crippen molar-refractivity contribution in [3.63, 3.8) is 0 Å². The molecule has 2 unspecified atom stereocenters. The van der Waals surface area contributed by atoms with Crippen LogP contribution in [0.15, 0.2) is 0 Å². The Morgan fingerprint density at radius 3 is 3.00 bits per heavy atom. The third kappa shape index (κ3) is 1.80. The largest absolute Gasteiger partial charge is 0.327 e. The van der Waals surface area contributed by atoms with Gasteiger partial charge < -0.3 is 5.73 Å². The fraction of sp³-hybridized carbons (Fsp3) is 0.800. The minimum absolute atomic E-state index is 0.264. The highest BCUT2D eigenvalue weighted by Gasteiger charge is 2.28. The third-order valence-corrected chi connectivity index (χ3v) is 2.94. The van der Waals surface area contributed by atoms with Crippen molar-refractivity contribution >= 4 is 0 Å². The lowest BCUT2D eigenvalue weighted by molar-refractivity contribution is 0.582. The van der Waals surface area contributed by atoms with Gasteiger partial charge in [0.2, 0.25) is 0 Å². The molecule has 4 heteroatoms. The van der Waals surface area contributed by atoms with Crippen molar-refractivity contribution in [2.75, 3.05) is 0 Å². The van der Waals surface area contributed by atoms with Crippen LogP contribution in [0.5, 0.6) is 0 Å². The number of nitrogens with zero attached hydrogens (tertiary/aromatic N) is 2. The zero-order valence-corrected chi connectivity index (χ0v) is 8.66. The Hall–Kier alpha value is -0.900. The predicted molar refractivity (Wildman–Crippen MR) is 54.9 cm³/mol. The summed E-state index contributed by atoms with van der Waals surface area (Å²) >= 11 is 0. The highest BCUT2D eigenvalue weighted by Crippen LogP contribution is 2.31. The first-order valence-corrected chi connectivity index (χ1v) is 5.48. The van der Waals surface area contributed by atoms with E-state index < -0.39 is 0 Å². The molecule has 1 fully saturated rings. The second-order valence-corrected chi connectivity index (χ2v) is 4.09. The van der Waals surface area contributed by atoms with Crippen molar-refractivity contribution < 1.29 is 0 Å². The lowest BCUT2D eigenvalue weighted by Gasteiger charge is -2.09. The normalized spacial score (nSPS) is 27.0. The quantitative estimate of drug-likeness (QED) is 0.763. The van der Waals surface area contributed by atoms with Crippen LogP contribution in [0.3, 0.4) is 0 Å². The molecular weight excluding hydrogens is 176 g/mol. The number of aryl methyl sites for hydroxylation is 1. The molecule has 0 saturated heterocycles. The summed E-state index contributed by atoms with van der Waals surface area (Å²) in [6.07, 6.45) is 5.55. The minimum Gasteiger partial charge on any atom is -0.327 e. The summed E-state index contributed by atoms with van der Waals surface area (Å²) in [5.41, 5.74) is 6.00. The third-order valence-electron chi connectivity index (χ3n) is 2.94. The summed E-state index contributed by atoms with van der Waals surface area (Å²) < 4.78 is 0. The average molecular weight is 194 g/mol. The van der Waals surface area contributed by atoms with E-state index in [0.29, 0.717) is 5.92 Å². The van der Waals surface area contributed by atoms with Gasteiger partial charge in [-0.3, -0.25) is 5.10 Å². The van der Waals surface area contributed by atoms with Crippen LogP contribution in [0.4, 0.5) is 0 Å². The first kappa shape index (κ1) is 9.65. The molecule has 1 aliphatic rings. The Labute approximate surface area is 84.3 Å². The van der Waals surface area contributed by atoms with Gasteiger partial charge >= 0.3 is 0 Å². The molecule has 0 aromatic carbocycles. The van der Waals surface area contributed by atoms with Crippen molar-refractivity contribution in [1.29, 1.82) is 0 Å². The first-order chi connectivity index (χ1) is 6.81. The molecule has 1 saturated carbocycles. The number of nitrogens with two attached hydrogens (primary N) is 1. The molecule has 1 heterocycles. The zero-order chi connectivity index (χ0) is 9.97. The highest BCUT2D eigenvalue weighted by atomic mass is 15.2. The smallest absolute Gasteiger partial charge is 0.155 e. The topological polar surface area (TPSA) is 67.6 Å². The average Bonchev–Trinajstić information content (AvgIpc) is 2.74. The van der Waals surface area contributed by atoms with Crippen LogP contribution in [0.2, 0.25) is 0 Å². The molecule has 2 rings (SSSR count). The van der Waals surface area contributed by atoms with Gasteiger partial charge in [0, 0.05) is 18.4 Å². The Bertz CT molecular complexity index is 294. The molecular formula is C10H18N4. The number of aromatic amines is 1. The van der Waals surface area contributed by atoms with Gasteiger partial charge in [-0.15, -0.1) is 0 Å². The molecule has 1 aromatic rings. The van der Waals surface area contributed by atoms with E-state index in [0.717, 1.165) is 37.3 Å². The molecule has 0 amide bonds. The summed E-state index contributed by atoms with van der Waals surface area (Å²) in [4.78, 5) is 4.49. The van der Waals surface area contributed by atoms with Crippen molar-refractivity contribution in [2.24, 2.45) is 5.73 Å². The maximum atomic E-state index is 6.00. The molecule has 1 aromatic heterocycles. The second-order valence-electron chi connectivity index (χ2n) is 4.09. The number of rotatable bonds is 3. The van der Waals surface area contributed by atoms with E-state index in [1.165, 1.54) is 6.42 Å². The molecule has 0 spiro atoms. The SMILES string of the molecule is CCCc1nc(C2CCCC2N)n[nH]1. The number of aromatic nitrogens is 3. The van der Waals surface area contributed by atoms with Crippen LogP contribution in [0.25, 0.3) is 0 Å². The van der Waals surface area contributed by atoms with E-state index in [2.05, 4.69) is 22.1 Å². The standard InChI is InChI=1S/C10H18N4/c1-2-4-9-12-10(14-13-9)7-5-3-6-8(7)11/h7-8H,2-6,11H2,1H3,(H,12,13,14). The van der Waals surface area contributed by atoms with E-state index in [1.807, 2.05) is 0 Å². The molecule has 2 atom stereocenters. The number of H-pyrrole nitrogens is 1. The van der Waals surface area contributed by atoms with E-state index in [4.69, 9.17) is 5.73 Å². The number of hydrogen-bond donors (Lipinski definition) is 2. The lowest BCUT2D eigenvalue weighted by atomic mass is 10.0. The Morgan fingerprint density at radius 1 is 1.50 bits per heavy atom. The van der Waals surface area contributed by atoms with Gasteiger partial charge in [-0.2, -0.15) is 5.10 Å². The Morgan fingerprint density at radius 2 is 2.36 bits per heavy atom. The van der Waals surface area contributed by atoms with Gasteiger partial charge in [0.15, 0.2) is 5.82 Å². The van der Waals surface area contributed by atoms with Crippen LogP contribution in [-0.2, 0) is 6.42 Å². The van der Waals surface area contributed by atoms with Crippen LogP contribution in [-0.4, -0.2) is 21.2 Å². The van der Waals surface area contributed by atoms with Crippen LogP contribution < -0.4 is 5.73 Å². The summed E-state index contributed by atoms with van der Waals surface area (Å²) in [6, 6.07) is 0.264. The minimum atomic E-state index is 0.264. The van der Waals surface area contributed by atoms with Crippen molar-refractivity contribution in [3.8, 4) is 0 Å². The van der Waals surface area contributed by atoms with Crippen LogP contribution >= 0.6 is 0 Å². The lowest BCUT2D eigenvalue weighted by Crippen LogP contribution is -2.23. The molecule has 0 radical (unpaired) electrons. The van der Waals surface area contributed by atoms with Crippen molar-refractivity contribution in [3.05, 3.63) is 11.6 Å². The molecule has 14 heavy (non-hydrogen) atoms. The van der Waals surface area contributed by atoms with Gasteiger partial charge in [-0.25, -0.2) is 4.98 Å². The highest BCUT2D eigenvalue weighted by molar-refractivity contribution is 5.04. The van der Waals surface area contributed by atoms with E-state index >= 15 is 0 Å². The molecule has 0 aliphatic heterocycles. The van der Waals surface area contributed by atoms with Gasteiger partial charge in [-0.1, -0.05) is 13.3 Å². The molecule has 0 bridgehead atoms. The zero-order valence-electron chi connectivity index (χ0n) is 8.66. The van der Waals surface area contributed by atoms with E-state index in [-0.39, 0.29) is 6.04 Å². The molecule has 1 aliphatic carbocycles. The number of hydrogen-bond acceptors (Lipinski definition) is 3. The van der Waals surface area contributed by atoms with Gasteiger partial charge in [0.25, 0.3) is 0 Å². The fourth-order valence-electron chi connectivity index (χ4n) is 2.13. The Kier molecular flexibility index (Phi) is 2.82. The van der Waals surface area contributed by atoms with Crippen molar-refractivity contribution in [2.45, 2.75) is 51.0 Å². The molecule has 3 N–H and O–H groups in total. The van der Waals surface area contributed by atoms with E-state index in [9.17, 15) is 0 Å². The van der Waals surface area contributed by atoms with Gasteiger partial charge in [0.1, 0.15) is 5.82 Å². The summed E-state index contributed by atoms with van der Waals surface area (Å²) in [7, 11) is 0. The summed E-state index contributed by atoms with van der Waals surface area (Å²) in [5.74, 6) is 2.32.